The third-order valence-corrected chi connectivity index (χ3v) is 5.10. The number of likely N-dealkylation sites (N-methyl/N-ethyl adjacent to an activating group) is 1. The Bertz CT molecular complexity index is 979. The van der Waals surface area contributed by atoms with E-state index < -0.39 is 78.5 Å². The molecule has 0 spiro atoms. The molecule has 0 aliphatic carbocycles. The SMILES string of the molecule is COC(=O)C1=C[C@H](NC(=O)CN(C)C(C)=O)[C@@H](NC(C)=O)[C@H]([C@H](OC(C)=O)[C@@H](COC(C)=O)OC(C)=O)O1. The lowest BCUT2D eigenvalue weighted by atomic mass is 9.91. The van der Waals surface area contributed by atoms with E-state index in [0.29, 0.717) is 0 Å². The largest absolute Gasteiger partial charge is 0.477 e. The molecule has 0 radical (unpaired) electrons. The number of hydrogen-bond acceptors (Lipinski definition) is 12. The van der Waals surface area contributed by atoms with Gasteiger partial charge in [-0.3, -0.25) is 28.8 Å². The molecule has 0 aromatic carbocycles. The highest BCUT2D eigenvalue weighted by atomic mass is 16.6. The maximum Gasteiger partial charge on any atom is 0.373 e. The van der Waals surface area contributed by atoms with Crippen LogP contribution in [0.1, 0.15) is 34.6 Å². The second kappa shape index (κ2) is 14.5. The van der Waals surface area contributed by atoms with Crippen LogP contribution in [-0.2, 0) is 57.2 Å². The first-order valence-corrected chi connectivity index (χ1v) is 11.4. The number of esters is 4. The Morgan fingerprint density at radius 2 is 1.55 bits per heavy atom. The van der Waals surface area contributed by atoms with Crippen LogP contribution in [-0.4, -0.2) is 104 Å². The van der Waals surface area contributed by atoms with Gasteiger partial charge in [0.15, 0.2) is 18.3 Å². The molecule has 1 aliphatic heterocycles. The van der Waals surface area contributed by atoms with Crippen molar-refractivity contribution in [3.8, 4) is 0 Å². The fraction of sp³-hybridized carbons (Fsp3) is 0.609. The van der Waals surface area contributed by atoms with E-state index in [2.05, 4.69) is 10.6 Å². The highest BCUT2D eigenvalue weighted by Gasteiger charge is 2.48. The summed E-state index contributed by atoms with van der Waals surface area (Å²) >= 11 is 0. The lowest BCUT2D eigenvalue weighted by Crippen LogP contribution is -2.65. The zero-order chi connectivity index (χ0) is 29.2. The number of ether oxygens (including phenoxy) is 5. The van der Waals surface area contributed by atoms with Crippen molar-refractivity contribution in [3.63, 3.8) is 0 Å². The molecule has 0 bridgehead atoms. The van der Waals surface area contributed by atoms with Crippen LogP contribution < -0.4 is 10.6 Å². The molecule has 0 unspecified atom stereocenters. The molecule has 15 heteroatoms. The van der Waals surface area contributed by atoms with E-state index >= 15 is 0 Å². The summed E-state index contributed by atoms with van der Waals surface area (Å²) in [6, 6.07) is -2.38. The molecule has 38 heavy (non-hydrogen) atoms. The highest BCUT2D eigenvalue weighted by molar-refractivity contribution is 5.87. The summed E-state index contributed by atoms with van der Waals surface area (Å²) in [5.41, 5.74) is 0. The molecule has 15 nitrogen and oxygen atoms in total. The summed E-state index contributed by atoms with van der Waals surface area (Å²) in [5.74, 6) is -5.46. The van der Waals surface area contributed by atoms with Crippen molar-refractivity contribution < 1.29 is 57.2 Å². The predicted octanol–water partition coefficient (Wildman–Crippen LogP) is -1.66. The van der Waals surface area contributed by atoms with Crippen LogP contribution in [0.15, 0.2) is 11.8 Å². The van der Waals surface area contributed by atoms with Gasteiger partial charge in [0, 0.05) is 41.7 Å². The van der Waals surface area contributed by atoms with Gasteiger partial charge in [-0.05, 0) is 6.08 Å². The number of carbonyl (C=O) groups excluding carboxylic acids is 7. The van der Waals surface area contributed by atoms with E-state index in [9.17, 15) is 33.6 Å². The molecule has 1 heterocycles. The third kappa shape index (κ3) is 10.1. The molecule has 0 saturated heterocycles. The lowest BCUT2D eigenvalue weighted by Gasteiger charge is -2.42. The molecular formula is C23H33N3O12. The topological polar surface area (TPSA) is 193 Å². The number of rotatable bonds is 11. The Hall–Kier alpha value is -4.17. The fourth-order valence-corrected chi connectivity index (χ4v) is 3.47. The average molecular weight is 544 g/mol. The van der Waals surface area contributed by atoms with Gasteiger partial charge in [0.05, 0.1) is 25.7 Å². The molecular weight excluding hydrogens is 510 g/mol. The molecule has 5 atom stereocenters. The average Bonchev–Trinajstić information content (AvgIpc) is 2.79. The smallest absolute Gasteiger partial charge is 0.373 e. The van der Waals surface area contributed by atoms with Crippen LogP contribution >= 0.6 is 0 Å². The Morgan fingerprint density at radius 3 is 2.03 bits per heavy atom. The quantitative estimate of drug-likeness (QED) is 0.223. The zero-order valence-corrected chi connectivity index (χ0v) is 22.2. The molecule has 1 aliphatic rings. The maximum absolute atomic E-state index is 12.7. The Kier molecular flexibility index (Phi) is 12.2. The van der Waals surface area contributed by atoms with Crippen LogP contribution in [0.5, 0.6) is 0 Å². The van der Waals surface area contributed by atoms with Crippen molar-refractivity contribution in [2.24, 2.45) is 0 Å². The van der Waals surface area contributed by atoms with Crippen LogP contribution in [0.2, 0.25) is 0 Å². The Balaban J connectivity index is 3.61. The van der Waals surface area contributed by atoms with Crippen LogP contribution in [0, 0.1) is 0 Å². The Labute approximate surface area is 219 Å². The lowest BCUT2D eigenvalue weighted by molar-refractivity contribution is -0.188. The number of hydrogen-bond donors (Lipinski definition) is 2. The van der Waals surface area contributed by atoms with Gasteiger partial charge in [0.25, 0.3) is 0 Å². The molecule has 0 saturated carbocycles. The van der Waals surface area contributed by atoms with Gasteiger partial charge in [-0.2, -0.15) is 0 Å². The van der Waals surface area contributed by atoms with E-state index in [1.54, 1.807) is 0 Å². The first-order chi connectivity index (χ1) is 17.7. The number of methoxy groups -OCH3 is 1. The summed E-state index contributed by atoms with van der Waals surface area (Å²) in [6.45, 7) is 4.71. The second-order valence-electron chi connectivity index (χ2n) is 8.32. The summed E-state index contributed by atoms with van der Waals surface area (Å²) in [4.78, 5) is 85.2. The zero-order valence-electron chi connectivity index (χ0n) is 22.2. The third-order valence-electron chi connectivity index (χ3n) is 5.10. The predicted molar refractivity (Wildman–Crippen MR) is 126 cm³/mol. The van der Waals surface area contributed by atoms with E-state index in [4.69, 9.17) is 23.7 Å². The van der Waals surface area contributed by atoms with Crippen LogP contribution in [0.3, 0.4) is 0 Å². The summed E-state index contributed by atoms with van der Waals surface area (Å²) < 4.78 is 26.1. The Morgan fingerprint density at radius 1 is 0.947 bits per heavy atom. The summed E-state index contributed by atoms with van der Waals surface area (Å²) in [6.07, 6.45) is -3.30. The second-order valence-corrected chi connectivity index (χ2v) is 8.32. The minimum Gasteiger partial charge on any atom is -0.477 e. The van der Waals surface area contributed by atoms with Gasteiger partial charge in [0.1, 0.15) is 6.61 Å². The van der Waals surface area contributed by atoms with Gasteiger partial charge < -0.3 is 39.2 Å². The summed E-state index contributed by atoms with van der Waals surface area (Å²) in [5, 5.41) is 5.16. The fourth-order valence-electron chi connectivity index (χ4n) is 3.47. The number of nitrogens with zero attached hydrogens (tertiary/aromatic N) is 1. The van der Waals surface area contributed by atoms with Crippen molar-refractivity contribution in [2.75, 3.05) is 27.3 Å². The van der Waals surface area contributed by atoms with Crippen LogP contribution in [0.25, 0.3) is 0 Å². The molecule has 212 valence electrons. The van der Waals surface area contributed by atoms with Crippen molar-refractivity contribution in [2.45, 2.75) is 65.0 Å². The van der Waals surface area contributed by atoms with E-state index in [1.807, 2.05) is 0 Å². The molecule has 1 rings (SSSR count). The first-order valence-electron chi connectivity index (χ1n) is 11.4. The molecule has 0 aromatic heterocycles. The van der Waals surface area contributed by atoms with E-state index in [1.165, 1.54) is 27.0 Å². The standard InChI is InChI=1S/C23H33N3O12/c1-11(27)24-20-16(25-19(32)9-26(6)12(2)28)8-17(23(33)34-7)38-22(20)21(37-15(5)31)18(36-14(4)30)10-35-13(3)29/h8,16,18,20-22H,9-10H2,1-7H3,(H,24,27)(H,25,32)/t16-,18+,20+,21+,22+/m0/s1. The monoisotopic (exact) mass is 543 g/mol. The normalized spacial score (nSPS) is 19.8. The van der Waals surface area contributed by atoms with Gasteiger partial charge >= 0.3 is 23.9 Å². The van der Waals surface area contributed by atoms with Gasteiger partial charge in [-0.25, -0.2) is 4.79 Å². The highest BCUT2D eigenvalue weighted by Crippen LogP contribution is 2.27. The van der Waals surface area contributed by atoms with Crippen LogP contribution in [0.4, 0.5) is 0 Å². The van der Waals surface area contributed by atoms with Gasteiger partial charge in [0.2, 0.25) is 23.5 Å². The van der Waals surface area contributed by atoms with E-state index in [0.717, 1.165) is 32.8 Å². The number of carbonyl (C=O) groups is 7. The molecule has 0 fully saturated rings. The van der Waals surface area contributed by atoms with E-state index in [-0.39, 0.29) is 12.5 Å². The maximum atomic E-state index is 12.7. The van der Waals surface area contributed by atoms with Crippen molar-refractivity contribution in [1.82, 2.24) is 15.5 Å². The molecule has 2 N–H and O–H groups in total. The minimum absolute atomic E-state index is 0.360. The summed E-state index contributed by atoms with van der Waals surface area (Å²) in [7, 11) is 2.47. The van der Waals surface area contributed by atoms with Crippen molar-refractivity contribution >= 4 is 41.6 Å². The van der Waals surface area contributed by atoms with Crippen molar-refractivity contribution in [3.05, 3.63) is 11.8 Å². The first kappa shape index (κ1) is 31.9. The number of nitrogens with one attached hydrogen (secondary N) is 2. The molecule has 0 aromatic rings. The van der Waals surface area contributed by atoms with Gasteiger partial charge in [-0.1, -0.05) is 0 Å². The molecule has 3 amide bonds. The number of amides is 3. The minimum atomic E-state index is -1.56. The van der Waals surface area contributed by atoms with Crippen molar-refractivity contribution in [1.29, 1.82) is 0 Å². The van der Waals surface area contributed by atoms with Gasteiger partial charge in [-0.15, -0.1) is 0 Å².